The van der Waals surface area contributed by atoms with Crippen LogP contribution in [0.25, 0.3) is 6.08 Å². The van der Waals surface area contributed by atoms with E-state index in [2.05, 4.69) is 10.3 Å². The first kappa shape index (κ1) is 17.7. The van der Waals surface area contributed by atoms with Crippen molar-refractivity contribution >= 4 is 29.0 Å². The summed E-state index contributed by atoms with van der Waals surface area (Å²) < 4.78 is 6.77. The SMILES string of the molecule is CC(=O)SC1CCNCC1=Cc1nccn1C(=O)OC(C)(C)C. The molecule has 1 aromatic heterocycles. The van der Waals surface area contributed by atoms with E-state index in [1.54, 1.807) is 19.3 Å². The fourth-order valence-electron chi connectivity index (χ4n) is 2.30. The summed E-state index contributed by atoms with van der Waals surface area (Å²) in [5.41, 5.74) is 0.498. The van der Waals surface area contributed by atoms with Crippen molar-refractivity contribution in [2.45, 2.75) is 45.0 Å². The number of rotatable bonds is 2. The lowest BCUT2D eigenvalue weighted by Gasteiger charge is -2.25. The fraction of sp³-hybridized carbons (Fsp3) is 0.562. The minimum absolute atomic E-state index is 0.0956. The maximum absolute atomic E-state index is 12.2. The summed E-state index contributed by atoms with van der Waals surface area (Å²) in [7, 11) is 0. The van der Waals surface area contributed by atoms with E-state index in [9.17, 15) is 9.59 Å². The molecule has 7 heteroatoms. The van der Waals surface area contributed by atoms with Gasteiger partial charge >= 0.3 is 6.09 Å². The highest BCUT2D eigenvalue weighted by Gasteiger charge is 2.23. The largest absolute Gasteiger partial charge is 0.443 e. The summed E-state index contributed by atoms with van der Waals surface area (Å²) >= 11 is 1.33. The van der Waals surface area contributed by atoms with Crippen LogP contribution in [0.15, 0.2) is 18.0 Å². The van der Waals surface area contributed by atoms with E-state index in [-0.39, 0.29) is 10.4 Å². The summed E-state index contributed by atoms with van der Waals surface area (Å²) in [6.07, 6.45) is 5.45. The zero-order chi connectivity index (χ0) is 17.0. The number of hydrogen-bond donors (Lipinski definition) is 1. The molecule has 1 fully saturated rings. The number of ether oxygens (including phenoxy) is 1. The minimum atomic E-state index is -0.564. The number of thioether (sulfide) groups is 1. The van der Waals surface area contributed by atoms with Gasteiger partial charge < -0.3 is 10.1 Å². The number of carbonyl (C=O) groups excluding carboxylic acids is 2. The minimum Gasteiger partial charge on any atom is -0.443 e. The van der Waals surface area contributed by atoms with Gasteiger partial charge in [-0.25, -0.2) is 14.3 Å². The van der Waals surface area contributed by atoms with Crippen LogP contribution < -0.4 is 5.32 Å². The molecular weight excluding hydrogens is 314 g/mol. The number of nitrogens with zero attached hydrogens (tertiary/aromatic N) is 2. The van der Waals surface area contributed by atoms with Crippen LogP contribution >= 0.6 is 11.8 Å². The molecule has 126 valence electrons. The Balaban J connectivity index is 2.23. The molecule has 1 unspecified atom stereocenters. The Kier molecular flexibility index (Phi) is 5.64. The van der Waals surface area contributed by atoms with E-state index in [4.69, 9.17) is 4.74 Å². The maximum Gasteiger partial charge on any atom is 0.420 e. The monoisotopic (exact) mass is 337 g/mol. The first-order valence-corrected chi connectivity index (χ1v) is 8.49. The van der Waals surface area contributed by atoms with Crippen molar-refractivity contribution in [3.05, 3.63) is 23.8 Å². The van der Waals surface area contributed by atoms with Gasteiger partial charge in [0.2, 0.25) is 0 Å². The molecule has 1 aliphatic heterocycles. The van der Waals surface area contributed by atoms with Gasteiger partial charge in [-0.05, 0) is 45.4 Å². The Morgan fingerprint density at radius 2 is 2.22 bits per heavy atom. The van der Waals surface area contributed by atoms with E-state index in [0.29, 0.717) is 12.4 Å². The van der Waals surface area contributed by atoms with Crippen molar-refractivity contribution in [3.63, 3.8) is 0 Å². The zero-order valence-electron chi connectivity index (χ0n) is 14.0. The third-order valence-electron chi connectivity index (χ3n) is 3.21. The van der Waals surface area contributed by atoms with Crippen molar-refractivity contribution in [2.75, 3.05) is 13.1 Å². The first-order valence-electron chi connectivity index (χ1n) is 7.61. The molecule has 2 rings (SSSR count). The summed E-state index contributed by atoms with van der Waals surface area (Å²) in [4.78, 5) is 27.9. The van der Waals surface area contributed by atoms with E-state index in [0.717, 1.165) is 18.5 Å². The van der Waals surface area contributed by atoms with Crippen LogP contribution in [0.4, 0.5) is 4.79 Å². The topological polar surface area (TPSA) is 73.2 Å². The molecule has 1 aliphatic rings. The molecule has 0 saturated carbocycles. The number of piperidine rings is 1. The molecule has 0 aromatic carbocycles. The molecule has 1 N–H and O–H groups in total. The Morgan fingerprint density at radius 1 is 1.48 bits per heavy atom. The number of hydrogen-bond acceptors (Lipinski definition) is 6. The highest BCUT2D eigenvalue weighted by atomic mass is 32.2. The summed E-state index contributed by atoms with van der Waals surface area (Å²) in [5, 5.41) is 3.51. The van der Waals surface area contributed by atoms with Crippen LogP contribution in [0.3, 0.4) is 0 Å². The Morgan fingerprint density at radius 3 is 2.87 bits per heavy atom. The summed E-state index contributed by atoms with van der Waals surface area (Å²) in [6.45, 7) is 8.61. The van der Waals surface area contributed by atoms with Crippen LogP contribution in [-0.2, 0) is 9.53 Å². The van der Waals surface area contributed by atoms with Gasteiger partial charge in [0.15, 0.2) is 5.12 Å². The highest BCUT2D eigenvalue weighted by Crippen LogP contribution is 2.27. The normalized spacial score (nSPS) is 20.5. The van der Waals surface area contributed by atoms with Crippen LogP contribution in [0.5, 0.6) is 0 Å². The van der Waals surface area contributed by atoms with Gasteiger partial charge in [-0.2, -0.15) is 0 Å². The number of nitrogens with one attached hydrogen (secondary N) is 1. The van der Waals surface area contributed by atoms with Crippen LogP contribution in [0.2, 0.25) is 0 Å². The lowest BCUT2D eigenvalue weighted by Crippen LogP contribution is -2.32. The van der Waals surface area contributed by atoms with Crippen molar-refractivity contribution in [1.29, 1.82) is 0 Å². The lowest BCUT2D eigenvalue weighted by molar-refractivity contribution is -0.109. The fourth-order valence-corrected chi connectivity index (χ4v) is 3.24. The van der Waals surface area contributed by atoms with Gasteiger partial charge in [0, 0.05) is 31.1 Å². The summed E-state index contributed by atoms with van der Waals surface area (Å²) in [6, 6.07) is 0. The van der Waals surface area contributed by atoms with E-state index >= 15 is 0 Å². The lowest BCUT2D eigenvalue weighted by atomic mass is 10.1. The van der Waals surface area contributed by atoms with E-state index < -0.39 is 11.7 Å². The average Bonchev–Trinajstić information content (AvgIpc) is 2.87. The Labute approximate surface area is 140 Å². The molecular formula is C16H23N3O3S. The van der Waals surface area contributed by atoms with Gasteiger partial charge in [0.1, 0.15) is 11.4 Å². The molecule has 23 heavy (non-hydrogen) atoms. The average molecular weight is 337 g/mol. The second kappa shape index (κ2) is 7.31. The second-order valence-corrected chi connectivity index (χ2v) is 7.80. The van der Waals surface area contributed by atoms with E-state index in [1.807, 2.05) is 26.8 Å². The van der Waals surface area contributed by atoms with Crippen molar-refractivity contribution in [1.82, 2.24) is 14.9 Å². The molecule has 1 saturated heterocycles. The predicted molar refractivity (Wildman–Crippen MR) is 91.4 cm³/mol. The number of imidazole rings is 1. The first-order chi connectivity index (χ1) is 10.8. The third-order valence-corrected chi connectivity index (χ3v) is 4.36. The van der Waals surface area contributed by atoms with Crippen molar-refractivity contribution in [3.8, 4) is 0 Å². The quantitative estimate of drug-likeness (QED) is 0.894. The van der Waals surface area contributed by atoms with E-state index in [1.165, 1.54) is 16.3 Å². The number of carbonyl (C=O) groups is 2. The zero-order valence-corrected chi connectivity index (χ0v) is 14.8. The van der Waals surface area contributed by atoms with Gasteiger partial charge in [0.05, 0.1) is 0 Å². The van der Waals surface area contributed by atoms with Gasteiger partial charge in [-0.15, -0.1) is 0 Å². The molecule has 0 amide bonds. The molecule has 1 aromatic rings. The van der Waals surface area contributed by atoms with Gasteiger partial charge in [-0.3, -0.25) is 4.79 Å². The van der Waals surface area contributed by atoms with Crippen LogP contribution in [0, 0.1) is 0 Å². The molecule has 0 aliphatic carbocycles. The summed E-state index contributed by atoms with van der Waals surface area (Å²) in [5.74, 6) is 0.520. The Bertz CT molecular complexity index is 616. The van der Waals surface area contributed by atoms with Gasteiger partial charge in [-0.1, -0.05) is 11.8 Å². The van der Waals surface area contributed by atoms with Crippen LogP contribution in [-0.4, -0.2) is 44.7 Å². The molecule has 0 bridgehead atoms. The second-order valence-electron chi connectivity index (χ2n) is 6.42. The van der Waals surface area contributed by atoms with Crippen molar-refractivity contribution in [2.24, 2.45) is 0 Å². The van der Waals surface area contributed by atoms with Crippen molar-refractivity contribution < 1.29 is 14.3 Å². The molecule has 2 heterocycles. The smallest absolute Gasteiger partial charge is 0.420 e. The predicted octanol–water partition coefficient (Wildman–Crippen LogP) is 2.69. The van der Waals surface area contributed by atoms with Gasteiger partial charge in [0.25, 0.3) is 0 Å². The third kappa shape index (κ3) is 5.21. The molecule has 1 atom stereocenters. The standard InChI is InChI=1S/C16H23N3O3S/c1-11(20)23-13-5-6-17-10-12(13)9-14-18-7-8-19(14)15(21)22-16(2,3)4/h7-9,13,17H,5-6,10H2,1-4H3. The Hall–Kier alpha value is -1.60. The van der Waals surface area contributed by atoms with Crippen LogP contribution in [0.1, 0.15) is 39.9 Å². The molecule has 6 nitrogen and oxygen atoms in total. The number of aromatic nitrogens is 2. The highest BCUT2D eigenvalue weighted by molar-refractivity contribution is 8.14. The molecule has 0 spiro atoms. The maximum atomic E-state index is 12.2. The molecule has 0 radical (unpaired) electrons.